The van der Waals surface area contributed by atoms with Crippen LogP contribution in [0.1, 0.15) is 23.7 Å². The Balaban J connectivity index is 1.69. The monoisotopic (exact) mass is 383 g/mol. The predicted molar refractivity (Wildman–Crippen MR) is 99.7 cm³/mol. The highest BCUT2D eigenvalue weighted by Gasteiger charge is 2.36. The first-order chi connectivity index (χ1) is 13.4. The van der Waals surface area contributed by atoms with E-state index in [1.54, 1.807) is 0 Å². The summed E-state index contributed by atoms with van der Waals surface area (Å²) >= 11 is 0. The Hall–Kier alpha value is -3.27. The van der Waals surface area contributed by atoms with Crippen LogP contribution in [-0.2, 0) is 17.5 Å². The van der Waals surface area contributed by atoms with E-state index < -0.39 is 11.7 Å². The molecule has 4 rings (SSSR count). The molecule has 1 aliphatic rings. The van der Waals surface area contributed by atoms with Gasteiger partial charge in [0.1, 0.15) is 5.82 Å². The number of benzene rings is 2. The minimum Gasteiger partial charge on any atom is -0.316 e. The summed E-state index contributed by atoms with van der Waals surface area (Å²) in [5.74, 6) is 2.81. The number of para-hydroxylation sites is 2. The summed E-state index contributed by atoms with van der Waals surface area (Å²) in [6.07, 6.45) is 1.21. The van der Waals surface area contributed by atoms with Gasteiger partial charge in [-0.25, -0.2) is 4.98 Å². The largest absolute Gasteiger partial charge is 0.416 e. The third kappa shape index (κ3) is 3.11. The molecular weight excluding hydrogens is 367 g/mol. The zero-order valence-electron chi connectivity index (χ0n) is 14.8. The van der Waals surface area contributed by atoms with Gasteiger partial charge < -0.3 is 9.47 Å². The maximum atomic E-state index is 13.0. The van der Waals surface area contributed by atoms with E-state index in [1.807, 2.05) is 28.8 Å². The first-order valence-electron chi connectivity index (χ1n) is 8.74. The van der Waals surface area contributed by atoms with Crippen LogP contribution in [-0.4, -0.2) is 22.0 Å². The van der Waals surface area contributed by atoms with Gasteiger partial charge in [-0.2, -0.15) is 13.2 Å². The van der Waals surface area contributed by atoms with Crippen molar-refractivity contribution in [3.05, 3.63) is 59.9 Å². The molecule has 1 fully saturated rings. The van der Waals surface area contributed by atoms with Gasteiger partial charge in [-0.3, -0.25) is 4.79 Å². The number of anilines is 1. The van der Waals surface area contributed by atoms with Crippen molar-refractivity contribution in [2.24, 2.45) is 0 Å². The van der Waals surface area contributed by atoms with Crippen molar-refractivity contribution in [1.82, 2.24) is 9.55 Å². The Morgan fingerprint density at radius 3 is 2.71 bits per heavy atom. The molecule has 0 N–H and O–H groups in total. The number of amides is 1. The van der Waals surface area contributed by atoms with Crippen molar-refractivity contribution in [3.8, 4) is 12.3 Å². The SMILES string of the molecule is C#CCn1c([C@H]2CC(=O)N(c3cccc(C(F)(F)F)c3)C2)nc2ccccc21. The van der Waals surface area contributed by atoms with Crippen LogP contribution in [0, 0.1) is 12.3 Å². The average Bonchev–Trinajstić information content (AvgIpc) is 3.22. The van der Waals surface area contributed by atoms with E-state index in [2.05, 4.69) is 10.9 Å². The molecule has 1 saturated heterocycles. The van der Waals surface area contributed by atoms with Gasteiger partial charge in [-0.05, 0) is 30.3 Å². The van der Waals surface area contributed by atoms with Crippen LogP contribution in [0.4, 0.5) is 18.9 Å². The smallest absolute Gasteiger partial charge is 0.316 e. The van der Waals surface area contributed by atoms with E-state index in [-0.39, 0.29) is 30.5 Å². The van der Waals surface area contributed by atoms with E-state index in [9.17, 15) is 18.0 Å². The normalized spacial score (nSPS) is 17.3. The lowest BCUT2D eigenvalue weighted by molar-refractivity contribution is -0.137. The highest BCUT2D eigenvalue weighted by molar-refractivity contribution is 5.96. The number of nitrogens with zero attached hydrogens (tertiary/aromatic N) is 3. The third-order valence-corrected chi connectivity index (χ3v) is 4.91. The quantitative estimate of drug-likeness (QED) is 0.636. The van der Waals surface area contributed by atoms with Crippen LogP contribution in [0.3, 0.4) is 0 Å². The average molecular weight is 383 g/mol. The van der Waals surface area contributed by atoms with E-state index in [1.165, 1.54) is 17.0 Å². The van der Waals surface area contributed by atoms with E-state index in [0.717, 1.165) is 23.2 Å². The Morgan fingerprint density at radius 2 is 1.96 bits per heavy atom. The van der Waals surface area contributed by atoms with Crippen LogP contribution in [0.15, 0.2) is 48.5 Å². The number of terminal acetylenes is 1. The second-order valence-corrected chi connectivity index (χ2v) is 6.70. The molecule has 2 aromatic carbocycles. The standard InChI is InChI=1S/C21H16F3N3O/c1-2-10-26-18-9-4-3-8-17(18)25-20(26)14-11-19(28)27(13-14)16-7-5-6-15(12-16)21(22,23)24/h1,3-9,12,14H,10-11,13H2/t14-/m0/s1. The number of fused-ring (bicyclic) bond motifs is 1. The fraction of sp³-hybridized carbons (Fsp3) is 0.238. The van der Waals surface area contributed by atoms with Gasteiger partial charge in [0.15, 0.2) is 0 Å². The molecule has 1 amide bonds. The molecule has 0 radical (unpaired) electrons. The second kappa shape index (κ2) is 6.71. The molecular formula is C21H16F3N3O. The summed E-state index contributed by atoms with van der Waals surface area (Å²) in [5, 5.41) is 0. The minimum absolute atomic E-state index is 0.171. The fourth-order valence-electron chi connectivity index (χ4n) is 3.64. The van der Waals surface area contributed by atoms with Crippen molar-refractivity contribution in [3.63, 3.8) is 0 Å². The molecule has 3 aromatic rings. The molecule has 142 valence electrons. The lowest BCUT2D eigenvalue weighted by atomic mass is 10.1. The number of aromatic nitrogens is 2. The minimum atomic E-state index is -4.46. The molecule has 2 heterocycles. The van der Waals surface area contributed by atoms with Crippen LogP contribution < -0.4 is 4.90 Å². The Kier molecular flexibility index (Phi) is 4.34. The van der Waals surface area contributed by atoms with Crippen LogP contribution >= 0.6 is 0 Å². The van der Waals surface area contributed by atoms with Crippen LogP contribution in [0.25, 0.3) is 11.0 Å². The van der Waals surface area contributed by atoms with Gasteiger partial charge in [0.25, 0.3) is 0 Å². The zero-order chi connectivity index (χ0) is 19.9. The summed E-state index contributed by atoms with van der Waals surface area (Å²) in [4.78, 5) is 18.6. The Morgan fingerprint density at radius 1 is 1.18 bits per heavy atom. The number of hydrogen-bond donors (Lipinski definition) is 0. The van der Waals surface area contributed by atoms with Gasteiger partial charge in [0, 0.05) is 24.6 Å². The van der Waals surface area contributed by atoms with Gasteiger partial charge in [0.05, 0.1) is 23.1 Å². The van der Waals surface area contributed by atoms with Gasteiger partial charge in [0.2, 0.25) is 5.91 Å². The molecule has 0 aliphatic carbocycles. The summed E-state index contributed by atoms with van der Waals surface area (Å²) in [5.41, 5.74) is 1.11. The number of rotatable bonds is 3. The molecule has 0 saturated carbocycles. The van der Waals surface area contributed by atoms with E-state index >= 15 is 0 Å². The van der Waals surface area contributed by atoms with Gasteiger partial charge in [-0.15, -0.1) is 6.42 Å². The topological polar surface area (TPSA) is 38.1 Å². The van der Waals surface area contributed by atoms with Gasteiger partial charge >= 0.3 is 6.18 Å². The summed E-state index contributed by atoms with van der Waals surface area (Å²) in [6, 6.07) is 12.4. The molecule has 1 aromatic heterocycles. The first kappa shape index (κ1) is 18.1. The first-order valence-corrected chi connectivity index (χ1v) is 8.74. The number of imidazole rings is 1. The summed E-state index contributed by atoms with van der Waals surface area (Å²) in [7, 11) is 0. The van der Waals surface area contributed by atoms with Crippen molar-refractivity contribution < 1.29 is 18.0 Å². The maximum absolute atomic E-state index is 13.0. The number of carbonyl (C=O) groups excluding carboxylic acids is 1. The lowest BCUT2D eigenvalue weighted by Gasteiger charge is -2.18. The summed E-state index contributed by atoms with van der Waals surface area (Å²) < 4.78 is 40.9. The van der Waals surface area contributed by atoms with Crippen molar-refractivity contribution >= 4 is 22.6 Å². The number of halogens is 3. The van der Waals surface area contributed by atoms with Crippen LogP contribution in [0.5, 0.6) is 0 Å². The molecule has 0 bridgehead atoms. The molecule has 7 heteroatoms. The Bertz CT molecular complexity index is 1090. The number of hydrogen-bond acceptors (Lipinski definition) is 2. The number of alkyl halides is 3. The fourth-order valence-corrected chi connectivity index (χ4v) is 3.64. The Labute approximate surface area is 159 Å². The number of carbonyl (C=O) groups is 1. The van der Waals surface area contributed by atoms with E-state index in [4.69, 9.17) is 6.42 Å². The molecule has 1 aliphatic heterocycles. The molecule has 4 nitrogen and oxygen atoms in total. The second-order valence-electron chi connectivity index (χ2n) is 6.70. The predicted octanol–water partition coefficient (Wildman–Crippen LogP) is 4.21. The molecule has 0 unspecified atom stereocenters. The van der Waals surface area contributed by atoms with Crippen LogP contribution in [0.2, 0.25) is 0 Å². The molecule has 28 heavy (non-hydrogen) atoms. The highest BCUT2D eigenvalue weighted by Crippen LogP contribution is 2.36. The van der Waals surface area contributed by atoms with Crippen molar-refractivity contribution in [1.29, 1.82) is 0 Å². The van der Waals surface area contributed by atoms with Crippen molar-refractivity contribution in [2.45, 2.75) is 25.1 Å². The lowest BCUT2D eigenvalue weighted by Crippen LogP contribution is -2.25. The summed E-state index contributed by atoms with van der Waals surface area (Å²) in [6.45, 7) is 0.568. The van der Waals surface area contributed by atoms with E-state index in [0.29, 0.717) is 12.4 Å². The molecule has 0 spiro atoms. The zero-order valence-corrected chi connectivity index (χ0v) is 14.8. The third-order valence-electron chi connectivity index (χ3n) is 4.91. The highest BCUT2D eigenvalue weighted by atomic mass is 19.4. The van der Waals surface area contributed by atoms with Gasteiger partial charge in [-0.1, -0.05) is 24.1 Å². The molecule has 1 atom stereocenters. The van der Waals surface area contributed by atoms with Crippen molar-refractivity contribution in [2.75, 3.05) is 11.4 Å². The maximum Gasteiger partial charge on any atom is 0.416 e.